The van der Waals surface area contributed by atoms with E-state index in [9.17, 15) is 4.21 Å². The zero-order valence-electron chi connectivity index (χ0n) is 17.1. The summed E-state index contributed by atoms with van der Waals surface area (Å²) in [5.41, 5.74) is 4.76. The van der Waals surface area contributed by atoms with Crippen LogP contribution < -0.4 is 4.74 Å². The van der Waals surface area contributed by atoms with Crippen LogP contribution in [0.15, 0.2) is 66.9 Å². The Hall–Kier alpha value is -2.63. The van der Waals surface area contributed by atoms with E-state index in [1.165, 1.54) is 0 Å². The van der Waals surface area contributed by atoms with Gasteiger partial charge in [0.1, 0.15) is 11.5 Å². The summed E-state index contributed by atoms with van der Waals surface area (Å²) in [7, 11) is -0.894. The van der Waals surface area contributed by atoms with Gasteiger partial charge < -0.3 is 4.74 Å². The van der Waals surface area contributed by atoms with Crippen molar-refractivity contribution in [3.63, 3.8) is 0 Å². The molecule has 4 nitrogen and oxygen atoms in total. The van der Waals surface area contributed by atoms with Crippen LogP contribution >= 0.6 is 11.6 Å². The van der Waals surface area contributed by atoms with Crippen molar-refractivity contribution in [2.24, 2.45) is 0 Å². The lowest BCUT2D eigenvalue weighted by molar-refractivity contribution is 0.482. The molecular weight excluding hydrogens is 416 g/mol. The van der Waals surface area contributed by atoms with Crippen LogP contribution in [0.4, 0.5) is 0 Å². The maximum Gasteiger partial charge on any atom is 0.156 e. The second-order valence-corrected chi connectivity index (χ2v) is 9.39. The molecule has 0 radical (unpaired) electrons. The van der Waals surface area contributed by atoms with Crippen LogP contribution in [0.3, 0.4) is 0 Å². The lowest BCUT2D eigenvalue weighted by Crippen LogP contribution is -1.95. The average Bonchev–Trinajstić information content (AvgIpc) is 3.09. The molecular formula is C24H23ClN2O2S. The Labute approximate surface area is 183 Å². The molecule has 2 aromatic carbocycles. The predicted octanol–water partition coefficient (Wildman–Crippen LogP) is 6.45. The van der Waals surface area contributed by atoms with Gasteiger partial charge in [0.2, 0.25) is 0 Å². The number of pyridine rings is 1. The van der Waals surface area contributed by atoms with Crippen molar-refractivity contribution in [2.75, 3.05) is 6.26 Å². The minimum Gasteiger partial charge on any atom is -0.457 e. The van der Waals surface area contributed by atoms with Gasteiger partial charge >= 0.3 is 0 Å². The molecule has 4 rings (SSSR count). The highest BCUT2D eigenvalue weighted by Crippen LogP contribution is 2.34. The van der Waals surface area contributed by atoms with Gasteiger partial charge in [0.15, 0.2) is 5.65 Å². The van der Waals surface area contributed by atoms with E-state index < -0.39 is 10.8 Å². The molecule has 2 aromatic heterocycles. The number of halogens is 1. The molecule has 154 valence electrons. The third-order valence-electron chi connectivity index (χ3n) is 4.79. The van der Waals surface area contributed by atoms with E-state index in [0.717, 1.165) is 39.7 Å². The summed E-state index contributed by atoms with van der Waals surface area (Å²) < 4.78 is 19.7. The maximum atomic E-state index is 11.5. The Morgan fingerprint density at radius 3 is 2.53 bits per heavy atom. The van der Waals surface area contributed by atoms with E-state index in [1.54, 1.807) is 6.26 Å². The number of fused-ring (bicyclic) bond motifs is 1. The van der Waals surface area contributed by atoms with Crippen molar-refractivity contribution in [3.05, 3.63) is 83.1 Å². The molecule has 0 amide bonds. The molecule has 0 aliphatic rings. The van der Waals surface area contributed by atoms with Crippen molar-refractivity contribution < 1.29 is 8.95 Å². The molecule has 0 aliphatic heterocycles. The van der Waals surface area contributed by atoms with Gasteiger partial charge in [0.25, 0.3) is 0 Å². The molecule has 0 N–H and O–H groups in total. The molecule has 0 aliphatic carbocycles. The lowest BCUT2D eigenvalue weighted by Gasteiger charge is -2.11. The molecule has 1 atom stereocenters. The zero-order valence-corrected chi connectivity index (χ0v) is 18.7. The first-order chi connectivity index (χ1) is 14.4. The van der Waals surface area contributed by atoms with Gasteiger partial charge in [-0.15, -0.1) is 0 Å². The van der Waals surface area contributed by atoms with Gasteiger partial charge in [-0.2, -0.15) is 0 Å². The number of ether oxygens (including phenoxy) is 1. The molecule has 6 heteroatoms. The molecule has 0 bridgehead atoms. The van der Waals surface area contributed by atoms with Crippen LogP contribution in [0.5, 0.6) is 11.5 Å². The third-order valence-corrected chi connectivity index (χ3v) is 5.82. The van der Waals surface area contributed by atoms with E-state index >= 15 is 0 Å². The minimum atomic E-state index is -0.894. The lowest BCUT2D eigenvalue weighted by atomic mass is 10.0. The zero-order chi connectivity index (χ0) is 21.3. The van der Waals surface area contributed by atoms with Gasteiger partial charge in [0.05, 0.1) is 16.4 Å². The second-order valence-electron chi connectivity index (χ2n) is 7.54. The van der Waals surface area contributed by atoms with Gasteiger partial charge in [-0.25, -0.2) is 4.98 Å². The first-order valence-corrected chi connectivity index (χ1v) is 11.9. The third kappa shape index (κ3) is 4.27. The maximum absolute atomic E-state index is 11.5. The van der Waals surface area contributed by atoms with E-state index in [2.05, 4.69) is 19.9 Å². The predicted molar refractivity (Wildman–Crippen MR) is 124 cm³/mol. The van der Waals surface area contributed by atoms with Crippen molar-refractivity contribution in [1.82, 2.24) is 9.38 Å². The molecule has 4 aromatic rings. The number of benzene rings is 2. The fourth-order valence-corrected chi connectivity index (χ4v) is 4.37. The van der Waals surface area contributed by atoms with Crippen molar-refractivity contribution >= 4 is 28.0 Å². The summed E-state index contributed by atoms with van der Waals surface area (Å²) in [5, 5.41) is 0.628. The van der Waals surface area contributed by atoms with Gasteiger partial charge in [-0.05, 0) is 47.9 Å². The highest BCUT2D eigenvalue weighted by Gasteiger charge is 2.18. The normalized spacial score (nSPS) is 12.4. The first-order valence-electron chi connectivity index (χ1n) is 9.76. The van der Waals surface area contributed by atoms with Crippen molar-refractivity contribution in [2.45, 2.75) is 25.5 Å². The Kier molecular flexibility index (Phi) is 5.93. The second kappa shape index (κ2) is 8.62. The van der Waals surface area contributed by atoms with Crippen molar-refractivity contribution in [3.8, 4) is 22.8 Å². The van der Waals surface area contributed by atoms with Gasteiger partial charge in [0, 0.05) is 34.6 Å². The van der Waals surface area contributed by atoms with Crippen LogP contribution in [-0.2, 0) is 16.6 Å². The summed E-state index contributed by atoms with van der Waals surface area (Å²) in [6.45, 7) is 4.26. The van der Waals surface area contributed by atoms with Crippen LogP contribution in [0, 0.1) is 0 Å². The monoisotopic (exact) mass is 438 g/mol. The number of rotatable bonds is 6. The molecule has 0 saturated heterocycles. The quantitative estimate of drug-likeness (QED) is 0.347. The number of aromatic nitrogens is 2. The van der Waals surface area contributed by atoms with Gasteiger partial charge in [-0.3, -0.25) is 8.61 Å². The topological polar surface area (TPSA) is 43.6 Å². The van der Waals surface area contributed by atoms with Crippen LogP contribution in [0.1, 0.15) is 31.0 Å². The van der Waals surface area contributed by atoms with E-state index in [1.807, 2.05) is 65.2 Å². The van der Waals surface area contributed by atoms with Crippen LogP contribution in [0.2, 0.25) is 5.02 Å². The minimum absolute atomic E-state index is 0.243. The van der Waals surface area contributed by atoms with Gasteiger partial charge in [-0.1, -0.05) is 49.7 Å². The number of hydrogen-bond acceptors (Lipinski definition) is 3. The number of imidazole rings is 1. The largest absolute Gasteiger partial charge is 0.457 e. The number of nitrogens with zero attached hydrogens (tertiary/aromatic N) is 2. The Morgan fingerprint density at radius 1 is 1.07 bits per heavy atom. The molecule has 0 spiro atoms. The smallest absolute Gasteiger partial charge is 0.156 e. The molecule has 30 heavy (non-hydrogen) atoms. The van der Waals surface area contributed by atoms with Crippen molar-refractivity contribution in [1.29, 1.82) is 0 Å². The summed E-state index contributed by atoms with van der Waals surface area (Å²) >= 11 is 6.39. The summed E-state index contributed by atoms with van der Waals surface area (Å²) in [6.07, 6.45) is 3.68. The van der Waals surface area contributed by atoms with Crippen LogP contribution in [0.25, 0.3) is 16.9 Å². The average molecular weight is 439 g/mol. The highest BCUT2D eigenvalue weighted by molar-refractivity contribution is 7.83. The Bertz CT molecular complexity index is 1230. The summed E-state index contributed by atoms with van der Waals surface area (Å²) in [6, 6.07) is 19.5. The van der Waals surface area contributed by atoms with Crippen LogP contribution in [-0.4, -0.2) is 19.8 Å². The standard InChI is InChI=1S/C24H23ClN2O2S/c1-16(2)22-23(27-12-6-11-21(25)24(27)26-22)18-8-5-10-20(14-18)29-19-9-4-7-17(13-19)15-30(3)28/h4-14,16H,15H2,1-3H3. The fraction of sp³-hybridized carbons (Fsp3) is 0.208. The first kappa shape index (κ1) is 20.6. The molecule has 0 fully saturated rings. The Balaban J connectivity index is 1.74. The summed E-state index contributed by atoms with van der Waals surface area (Å²) in [5.74, 6) is 2.21. The molecule has 0 saturated carbocycles. The van der Waals surface area contributed by atoms with E-state index in [0.29, 0.717) is 10.8 Å². The molecule has 2 heterocycles. The summed E-state index contributed by atoms with van der Waals surface area (Å²) in [4.78, 5) is 4.80. The highest BCUT2D eigenvalue weighted by atomic mass is 35.5. The fourth-order valence-electron chi connectivity index (χ4n) is 3.52. The van der Waals surface area contributed by atoms with E-state index in [4.69, 9.17) is 21.3 Å². The van der Waals surface area contributed by atoms with E-state index in [-0.39, 0.29) is 5.92 Å². The Morgan fingerprint density at radius 2 is 1.80 bits per heavy atom. The SMILES string of the molecule is CC(C)c1nc2c(Cl)cccn2c1-c1cccc(Oc2cccc(CS(C)=O)c2)c1. The molecule has 1 unspecified atom stereocenters. The number of hydrogen-bond donors (Lipinski definition) is 0.